The van der Waals surface area contributed by atoms with Gasteiger partial charge in [-0.15, -0.1) is 0 Å². The molecule has 0 aliphatic rings. The molecule has 0 bridgehead atoms. The Morgan fingerprint density at radius 1 is 1.16 bits per heavy atom. The fraction of sp³-hybridized carbons (Fsp3) is 0. The third-order valence-corrected chi connectivity index (χ3v) is 4.62. The first-order valence-electron chi connectivity index (χ1n) is 8.99. The zero-order valence-corrected chi connectivity index (χ0v) is 16.5. The van der Waals surface area contributed by atoms with Gasteiger partial charge in [-0.1, -0.05) is 41.9 Å². The third-order valence-electron chi connectivity index (χ3n) is 4.31. The smallest absolute Gasteiger partial charge is 0.289 e. The molecular weight excluding hydrogens is 422 g/mol. The first kappa shape index (κ1) is 20.0. The molecule has 0 fully saturated rings. The molecule has 0 saturated heterocycles. The number of nitro groups is 1. The molecule has 0 aliphatic carbocycles. The van der Waals surface area contributed by atoms with Crippen LogP contribution in [0.2, 0.25) is 5.02 Å². The Morgan fingerprint density at radius 2 is 1.97 bits per heavy atom. The Kier molecular flexibility index (Phi) is 5.59. The quantitative estimate of drug-likeness (QED) is 0.258. The minimum Gasteiger partial charge on any atom is -0.455 e. The summed E-state index contributed by atoms with van der Waals surface area (Å²) < 4.78 is 5.63. The minimum absolute atomic E-state index is 0.112. The molecule has 2 N–H and O–H groups in total. The lowest BCUT2D eigenvalue weighted by Gasteiger charge is -2.00. The molecular formula is C21H14ClN5O4. The number of nitro benzene ring substituents is 1. The number of H-pyrrole nitrogens is 1. The molecule has 1 amide bonds. The summed E-state index contributed by atoms with van der Waals surface area (Å²) in [4.78, 5) is 22.5. The number of carbonyl (C=O) groups excluding carboxylic acids is 1. The van der Waals surface area contributed by atoms with Crippen LogP contribution in [0.1, 0.15) is 16.2 Å². The van der Waals surface area contributed by atoms with Gasteiger partial charge in [0.1, 0.15) is 17.2 Å². The lowest BCUT2D eigenvalue weighted by atomic mass is 10.1. The van der Waals surface area contributed by atoms with E-state index in [1.807, 2.05) is 30.3 Å². The number of hydrogen-bond acceptors (Lipinski definition) is 6. The molecule has 154 valence electrons. The van der Waals surface area contributed by atoms with Crippen LogP contribution in [0.15, 0.2) is 76.2 Å². The van der Waals surface area contributed by atoms with Crippen molar-refractivity contribution in [2.75, 3.05) is 0 Å². The summed E-state index contributed by atoms with van der Waals surface area (Å²) in [5, 5.41) is 21.7. The summed E-state index contributed by atoms with van der Waals surface area (Å²) in [5.41, 5.74) is 4.57. The van der Waals surface area contributed by atoms with Crippen molar-refractivity contribution >= 4 is 29.4 Å². The van der Waals surface area contributed by atoms with Crippen molar-refractivity contribution in [3.05, 3.63) is 93.3 Å². The first-order chi connectivity index (χ1) is 15.0. The van der Waals surface area contributed by atoms with Gasteiger partial charge >= 0.3 is 0 Å². The van der Waals surface area contributed by atoms with Crippen LogP contribution in [0.25, 0.3) is 22.6 Å². The van der Waals surface area contributed by atoms with Gasteiger partial charge in [-0.25, -0.2) is 5.43 Å². The highest BCUT2D eigenvalue weighted by Gasteiger charge is 2.14. The molecule has 0 unspecified atom stereocenters. The molecule has 2 aromatic heterocycles. The van der Waals surface area contributed by atoms with E-state index in [0.29, 0.717) is 22.8 Å². The SMILES string of the molecule is O=C(NN=Cc1ccc(-c2ccc([N+](=O)[O-])cc2Cl)o1)c1cc(-c2ccccc2)n[nH]1. The van der Waals surface area contributed by atoms with Gasteiger partial charge in [0.15, 0.2) is 0 Å². The fourth-order valence-corrected chi connectivity index (χ4v) is 3.06. The van der Waals surface area contributed by atoms with Crippen LogP contribution in [-0.4, -0.2) is 27.2 Å². The maximum atomic E-state index is 12.2. The monoisotopic (exact) mass is 435 g/mol. The Bertz CT molecular complexity index is 1280. The highest BCUT2D eigenvalue weighted by Crippen LogP contribution is 2.32. The largest absolute Gasteiger partial charge is 0.455 e. The summed E-state index contributed by atoms with van der Waals surface area (Å²) in [7, 11) is 0. The maximum absolute atomic E-state index is 12.2. The second-order valence-electron chi connectivity index (χ2n) is 6.36. The molecule has 9 nitrogen and oxygen atoms in total. The van der Waals surface area contributed by atoms with E-state index in [2.05, 4.69) is 20.7 Å². The van der Waals surface area contributed by atoms with Gasteiger partial charge in [0.2, 0.25) is 0 Å². The zero-order chi connectivity index (χ0) is 21.8. The predicted octanol–water partition coefficient (Wildman–Crippen LogP) is 4.66. The van der Waals surface area contributed by atoms with Crippen molar-refractivity contribution < 1.29 is 14.1 Å². The van der Waals surface area contributed by atoms with E-state index in [0.717, 1.165) is 5.56 Å². The average Bonchev–Trinajstić information content (AvgIpc) is 3.44. The topological polar surface area (TPSA) is 126 Å². The van der Waals surface area contributed by atoms with Crippen molar-refractivity contribution in [3.8, 4) is 22.6 Å². The van der Waals surface area contributed by atoms with E-state index in [4.69, 9.17) is 16.0 Å². The van der Waals surface area contributed by atoms with Crippen LogP contribution < -0.4 is 5.43 Å². The van der Waals surface area contributed by atoms with E-state index in [9.17, 15) is 14.9 Å². The molecule has 2 heterocycles. The van der Waals surface area contributed by atoms with Crippen LogP contribution in [0.5, 0.6) is 0 Å². The van der Waals surface area contributed by atoms with E-state index in [-0.39, 0.29) is 16.4 Å². The number of non-ortho nitro benzene ring substituents is 1. The number of hydrazone groups is 1. The van der Waals surface area contributed by atoms with Gasteiger partial charge in [0, 0.05) is 23.3 Å². The summed E-state index contributed by atoms with van der Waals surface area (Å²) >= 11 is 6.11. The molecule has 0 atom stereocenters. The van der Waals surface area contributed by atoms with E-state index in [1.165, 1.54) is 24.4 Å². The number of aromatic nitrogens is 2. The Hall–Kier alpha value is -4.24. The summed E-state index contributed by atoms with van der Waals surface area (Å²) in [6.45, 7) is 0. The number of nitrogens with zero attached hydrogens (tertiary/aromatic N) is 3. The van der Waals surface area contributed by atoms with Gasteiger partial charge in [-0.2, -0.15) is 10.2 Å². The van der Waals surface area contributed by atoms with E-state index >= 15 is 0 Å². The average molecular weight is 436 g/mol. The molecule has 0 aliphatic heterocycles. The number of halogens is 1. The second kappa shape index (κ2) is 8.64. The number of rotatable bonds is 6. The van der Waals surface area contributed by atoms with Crippen molar-refractivity contribution in [2.24, 2.45) is 5.10 Å². The van der Waals surface area contributed by atoms with Crippen LogP contribution >= 0.6 is 11.6 Å². The number of amides is 1. The van der Waals surface area contributed by atoms with Gasteiger partial charge in [-0.3, -0.25) is 20.0 Å². The van der Waals surface area contributed by atoms with Crippen molar-refractivity contribution in [2.45, 2.75) is 0 Å². The lowest BCUT2D eigenvalue weighted by Crippen LogP contribution is -2.17. The van der Waals surface area contributed by atoms with E-state index < -0.39 is 10.8 Å². The first-order valence-corrected chi connectivity index (χ1v) is 9.37. The van der Waals surface area contributed by atoms with Crippen LogP contribution in [0.3, 0.4) is 0 Å². The molecule has 0 radical (unpaired) electrons. The van der Waals surface area contributed by atoms with Crippen molar-refractivity contribution in [3.63, 3.8) is 0 Å². The standard InChI is InChI=1S/C21H14ClN5O4/c22-17-10-14(27(29)30)6-8-16(17)20-9-7-15(31-20)12-23-26-21(28)19-11-18(24-25-19)13-4-2-1-3-5-13/h1-12H,(H,24,25)(H,26,28). The molecule has 4 aromatic rings. The summed E-state index contributed by atoms with van der Waals surface area (Å²) in [5.74, 6) is 0.309. The van der Waals surface area contributed by atoms with Gasteiger partial charge < -0.3 is 4.42 Å². The minimum atomic E-state index is -0.527. The van der Waals surface area contributed by atoms with E-state index in [1.54, 1.807) is 18.2 Å². The summed E-state index contributed by atoms with van der Waals surface area (Å²) in [6, 6.07) is 18.5. The number of carbonyl (C=O) groups is 1. The number of nitrogens with one attached hydrogen (secondary N) is 2. The fourth-order valence-electron chi connectivity index (χ4n) is 2.79. The zero-order valence-electron chi connectivity index (χ0n) is 15.8. The van der Waals surface area contributed by atoms with Crippen molar-refractivity contribution in [1.82, 2.24) is 15.6 Å². The Morgan fingerprint density at radius 3 is 2.71 bits per heavy atom. The second-order valence-corrected chi connectivity index (χ2v) is 6.76. The Labute approximate surface area is 180 Å². The summed E-state index contributed by atoms with van der Waals surface area (Å²) in [6.07, 6.45) is 1.33. The molecule has 31 heavy (non-hydrogen) atoms. The highest BCUT2D eigenvalue weighted by molar-refractivity contribution is 6.33. The van der Waals surface area contributed by atoms with Crippen LogP contribution in [0.4, 0.5) is 5.69 Å². The molecule has 2 aromatic carbocycles. The number of aromatic amines is 1. The predicted molar refractivity (Wildman–Crippen MR) is 115 cm³/mol. The van der Waals surface area contributed by atoms with Crippen molar-refractivity contribution in [1.29, 1.82) is 0 Å². The molecule has 0 saturated carbocycles. The number of furan rings is 1. The molecule has 0 spiro atoms. The molecule has 10 heteroatoms. The normalized spacial score (nSPS) is 11.0. The van der Waals surface area contributed by atoms with Gasteiger partial charge in [0.25, 0.3) is 11.6 Å². The number of hydrogen-bond donors (Lipinski definition) is 2. The van der Waals surface area contributed by atoms with Gasteiger partial charge in [-0.05, 0) is 24.3 Å². The Balaban J connectivity index is 1.41. The van der Waals surface area contributed by atoms with Crippen LogP contribution in [0, 0.1) is 10.1 Å². The maximum Gasteiger partial charge on any atom is 0.289 e. The lowest BCUT2D eigenvalue weighted by molar-refractivity contribution is -0.384. The van der Waals surface area contributed by atoms with Crippen LogP contribution in [-0.2, 0) is 0 Å². The molecule has 4 rings (SSSR count). The highest BCUT2D eigenvalue weighted by atomic mass is 35.5. The third kappa shape index (κ3) is 4.51. The van der Waals surface area contributed by atoms with Gasteiger partial charge in [0.05, 0.1) is 21.9 Å². The number of benzene rings is 2.